The Bertz CT molecular complexity index is 577. The summed E-state index contributed by atoms with van der Waals surface area (Å²) in [5.74, 6) is -0.930. The van der Waals surface area contributed by atoms with Crippen LogP contribution in [0.4, 0.5) is 5.69 Å². The van der Waals surface area contributed by atoms with E-state index in [1.807, 2.05) is 62.4 Å². The Labute approximate surface area is 138 Å². The van der Waals surface area contributed by atoms with Crippen molar-refractivity contribution < 1.29 is 9.47 Å². The van der Waals surface area contributed by atoms with Gasteiger partial charge in [-0.1, -0.05) is 55.1 Å². The van der Waals surface area contributed by atoms with Gasteiger partial charge in [-0.3, -0.25) is 0 Å². The molecule has 1 atom stereocenters. The molecule has 0 spiro atoms. The van der Waals surface area contributed by atoms with E-state index >= 15 is 0 Å². The second-order valence-corrected chi connectivity index (χ2v) is 5.15. The van der Waals surface area contributed by atoms with Crippen molar-refractivity contribution in [2.24, 2.45) is 0 Å². The Kier molecular flexibility index (Phi) is 6.39. The van der Waals surface area contributed by atoms with Crippen molar-refractivity contribution in [3.8, 4) is 0 Å². The summed E-state index contributed by atoms with van der Waals surface area (Å²) < 4.78 is 12.0. The minimum absolute atomic E-state index is 0.205. The third-order valence-corrected chi connectivity index (χ3v) is 3.64. The van der Waals surface area contributed by atoms with E-state index in [4.69, 9.17) is 9.47 Å². The molecule has 2 aromatic rings. The molecule has 0 aliphatic carbocycles. The van der Waals surface area contributed by atoms with E-state index in [9.17, 15) is 0 Å². The fourth-order valence-corrected chi connectivity index (χ4v) is 2.66. The molecule has 0 radical (unpaired) electrons. The predicted molar refractivity (Wildman–Crippen MR) is 95.4 cm³/mol. The third-order valence-electron chi connectivity index (χ3n) is 3.64. The molecule has 23 heavy (non-hydrogen) atoms. The van der Waals surface area contributed by atoms with E-state index in [1.54, 1.807) is 6.08 Å². The number of anilines is 1. The van der Waals surface area contributed by atoms with E-state index in [0.717, 1.165) is 11.3 Å². The lowest BCUT2D eigenvalue weighted by atomic mass is 9.97. The first-order chi connectivity index (χ1) is 11.3. The molecule has 0 saturated carbocycles. The number of nitrogens with one attached hydrogen (secondary N) is 1. The average Bonchev–Trinajstić information content (AvgIpc) is 2.61. The van der Waals surface area contributed by atoms with Gasteiger partial charge in [0.25, 0.3) is 0 Å². The summed E-state index contributed by atoms with van der Waals surface area (Å²) >= 11 is 0. The molecule has 2 rings (SSSR count). The molecule has 3 heteroatoms. The smallest absolute Gasteiger partial charge is 0.212 e. The maximum Gasteiger partial charge on any atom is 0.212 e. The SMILES string of the molecule is C=CC(OCC)(OCC)C(Nc1ccccc1)c1ccccc1. The fraction of sp³-hybridized carbons (Fsp3) is 0.300. The first kappa shape index (κ1) is 17.3. The molecule has 0 amide bonds. The number of para-hydroxylation sites is 1. The number of benzene rings is 2. The molecule has 0 saturated heterocycles. The standard InChI is InChI=1S/C20H25NO2/c1-4-20(22-5-2,23-6-3)19(17-13-9-7-10-14-17)21-18-15-11-8-12-16-18/h4,7-16,19,21H,1,5-6H2,2-3H3. The van der Waals surface area contributed by atoms with Gasteiger partial charge in [0.05, 0.1) is 0 Å². The van der Waals surface area contributed by atoms with Crippen molar-refractivity contribution in [2.75, 3.05) is 18.5 Å². The van der Waals surface area contributed by atoms with Gasteiger partial charge in [0, 0.05) is 18.9 Å². The minimum Gasteiger partial charge on any atom is -0.373 e. The van der Waals surface area contributed by atoms with E-state index < -0.39 is 5.79 Å². The van der Waals surface area contributed by atoms with Crippen molar-refractivity contribution in [2.45, 2.75) is 25.7 Å². The fourth-order valence-electron chi connectivity index (χ4n) is 2.66. The average molecular weight is 311 g/mol. The Hall–Kier alpha value is -2.10. The molecule has 0 bridgehead atoms. The van der Waals surface area contributed by atoms with Gasteiger partial charge in [0.1, 0.15) is 6.04 Å². The van der Waals surface area contributed by atoms with E-state index in [0.29, 0.717) is 13.2 Å². The second kappa shape index (κ2) is 8.51. The van der Waals surface area contributed by atoms with Crippen LogP contribution in [0.3, 0.4) is 0 Å². The van der Waals surface area contributed by atoms with Crippen LogP contribution in [0.1, 0.15) is 25.5 Å². The van der Waals surface area contributed by atoms with Gasteiger partial charge in [0.2, 0.25) is 5.79 Å². The summed E-state index contributed by atoms with van der Waals surface area (Å²) in [4.78, 5) is 0. The minimum atomic E-state index is -0.930. The van der Waals surface area contributed by atoms with Gasteiger partial charge in [-0.25, -0.2) is 0 Å². The lowest BCUT2D eigenvalue weighted by molar-refractivity contribution is -0.209. The second-order valence-electron chi connectivity index (χ2n) is 5.15. The number of hydrogen-bond acceptors (Lipinski definition) is 3. The molecule has 0 aliphatic heterocycles. The quantitative estimate of drug-likeness (QED) is 0.533. The summed E-state index contributed by atoms with van der Waals surface area (Å²) in [6.07, 6.45) is 1.74. The van der Waals surface area contributed by atoms with Crippen LogP contribution in [-0.4, -0.2) is 19.0 Å². The Morgan fingerprint density at radius 1 is 0.957 bits per heavy atom. The highest BCUT2D eigenvalue weighted by molar-refractivity contribution is 5.46. The summed E-state index contributed by atoms with van der Waals surface area (Å²) in [6, 6.07) is 20.0. The maximum atomic E-state index is 6.01. The van der Waals surface area contributed by atoms with E-state index in [2.05, 4.69) is 24.0 Å². The third kappa shape index (κ3) is 4.21. The van der Waals surface area contributed by atoms with E-state index in [-0.39, 0.29) is 6.04 Å². The highest BCUT2D eigenvalue weighted by atomic mass is 16.7. The van der Waals surface area contributed by atoms with Crippen LogP contribution in [0, 0.1) is 0 Å². The molecular formula is C20H25NO2. The summed E-state index contributed by atoms with van der Waals surface area (Å²) in [5.41, 5.74) is 2.09. The summed E-state index contributed by atoms with van der Waals surface area (Å²) in [6.45, 7) is 8.96. The molecule has 1 unspecified atom stereocenters. The molecule has 0 fully saturated rings. The monoisotopic (exact) mass is 311 g/mol. The van der Waals surface area contributed by atoms with E-state index in [1.165, 1.54) is 0 Å². The molecule has 122 valence electrons. The van der Waals surface area contributed by atoms with Crippen LogP contribution < -0.4 is 5.32 Å². The molecule has 0 aliphatic rings. The highest BCUT2D eigenvalue weighted by Gasteiger charge is 2.39. The number of hydrogen-bond donors (Lipinski definition) is 1. The largest absolute Gasteiger partial charge is 0.373 e. The molecule has 1 N–H and O–H groups in total. The van der Waals surface area contributed by atoms with Crippen molar-refractivity contribution in [3.05, 3.63) is 78.9 Å². The zero-order valence-corrected chi connectivity index (χ0v) is 13.9. The van der Waals surface area contributed by atoms with Gasteiger partial charge in [-0.05, 0) is 37.6 Å². The van der Waals surface area contributed by atoms with Crippen LogP contribution in [0.2, 0.25) is 0 Å². The highest BCUT2D eigenvalue weighted by Crippen LogP contribution is 2.35. The topological polar surface area (TPSA) is 30.5 Å². The Balaban J connectivity index is 2.44. The number of rotatable bonds is 9. The Morgan fingerprint density at radius 3 is 1.96 bits per heavy atom. The summed E-state index contributed by atoms with van der Waals surface area (Å²) in [5, 5.41) is 3.54. The predicted octanol–water partition coefficient (Wildman–Crippen LogP) is 4.80. The zero-order valence-electron chi connectivity index (χ0n) is 13.9. The van der Waals surface area contributed by atoms with Crippen LogP contribution in [-0.2, 0) is 9.47 Å². The van der Waals surface area contributed by atoms with Crippen LogP contribution >= 0.6 is 0 Å². The molecule has 0 aromatic heterocycles. The molecule has 2 aromatic carbocycles. The Morgan fingerprint density at radius 2 is 1.48 bits per heavy atom. The lowest BCUT2D eigenvalue weighted by Crippen LogP contribution is -2.44. The number of ether oxygens (including phenoxy) is 2. The lowest BCUT2D eigenvalue weighted by Gasteiger charge is -2.38. The van der Waals surface area contributed by atoms with Crippen LogP contribution in [0.5, 0.6) is 0 Å². The maximum absolute atomic E-state index is 6.01. The van der Waals surface area contributed by atoms with Crippen LogP contribution in [0.15, 0.2) is 73.3 Å². The molecule has 0 heterocycles. The molecular weight excluding hydrogens is 286 g/mol. The van der Waals surface area contributed by atoms with Crippen molar-refractivity contribution in [1.29, 1.82) is 0 Å². The van der Waals surface area contributed by atoms with Crippen LogP contribution in [0.25, 0.3) is 0 Å². The van der Waals surface area contributed by atoms with Crippen molar-refractivity contribution in [1.82, 2.24) is 0 Å². The first-order valence-corrected chi connectivity index (χ1v) is 8.03. The van der Waals surface area contributed by atoms with Gasteiger partial charge in [0.15, 0.2) is 0 Å². The van der Waals surface area contributed by atoms with Crippen molar-refractivity contribution in [3.63, 3.8) is 0 Å². The summed E-state index contributed by atoms with van der Waals surface area (Å²) in [7, 11) is 0. The first-order valence-electron chi connectivity index (χ1n) is 8.03. The normalized spacial score (nSPS) is 12.6. The van der Waals surface area contributed by atoms with Gasteiger partial charge in [-0.2, -0.15) is 0 Å². The van der Waals surface area contributed by atoms with Gasteiger partial charge < -0.3 is 14.8 Å². The van der Waals surface area contributed by atoms with Gasteiger partial charge >= 0.3 is 0 Å². The zero-order chi connectivity index (χ0) is 16.5. The van der Waals surface area contributed by atoms with Gasteiger partial charge in [-0.15, -0.1) is 0 Å². The van der Waals surface area contributed by atoms with Crippen molar-refractivity contribution >= 4 is 5.69 Å². The molecule has 3 nitrogen and oxygen atoms in total.